The molecule has 0 saturated carbocycles. The third-order valence-corrected chi connectivity index (χ3v) is 3.61. The van der Waals surface area contributed by atoms with E-state index in [0.717, 1.165) is 12.8 Å². The van der Waals surface area contributed by atoms with Gasteiger partial charge < -0.3 is 4.74 Å². The fourth-order valence-corrected chi connectivity index (χ4v) is 2.55. The van der Waals surface area contributed by atoms with Crippen molar-refractivity contribution in [1.82, 2.24) is 0 Å². The van der Waals surface area contributed by atoms with Gasteiger partial charge in [-0.05, 0) is 30.2 Å². The Kier molecular flexibility index (Phi) is 2.18. The number of rotatable bonds is 1. The Labute approximate surface area is 77.9 Å². The lowest BCUT2D eigenvalue weighted by Crippen LogP contribution is -2.42. The Morgan fingerprint density at radius 3 is 2.62 bits per heavy atom. The Hall–Kier alpha value is -0.730. The first-order valence-electron chi connectivity index (χ1n) is 4.93. The Morgan fingerprint density at radius 1 is 1.23 bits per heavy atom. The smallest absolute Gasteiger partial charge is 0.0667 e. The van der Waals surface area contributed by atoms with E-state index in [0.29, 0.717) is 17.9 Å². The van der Waals surface area contributed by atoms with Crippen LogP contribution in [0.1, 0.15) is 26.7 Å². The molecule has 0 aromatic rings. The van der Waals surface area contributed by atoms with Crippen molar-refractivity contribution in [2.24, 2.45) is 17.0 Å². The van der Waals surface area contributed by atoms with Crippen LogP contribution in [0.4, 0.5) is 0 Å². The summed E-state index contributed by atoms with van der Waals surface area (Å²) in [6.07, 6.45) is 2.79. The van der Waals surface area contributed by atoms with Crippen LogP contribution in [0.15, 0.2) is 5.11 Å². The molecule has 0 aromatic carbocycles. The highest BCUT2D eigenvalue weighted by Gasteiger charge is 2.44. The molecule has 2 bridgehead atoms. The molecule has 2 saturated heterocycles. The van der Waals surface area contributed by atoms with Crippen LogP contribution in [0, 0.1) is 11.8 Å². The summed E-state index contributed by atoms with van der Waals surface area (Å²) in [5.41, 5.74) is 8.45. The molecule has 0 spiro atoms. The normalized spacial score (nSPS) is 48.6. The van der Waals surface area contributed by atoms with Crippen LogP contribution in [0.2, 0.25) is 0 Å². The topological polar surface area (TPSA) is 58.0 Å². The lowest BCUT2D eigenvalue weighted by atomic mass is 9.83. The van der Waals surface area contributed by atoms with E-state index >= 15 is 0 Å². The third-order valence-electron chi connectivity index (χ3n) is 3.61. The fraction of sp³-hybridized carbons (Fsp3) is 1.00. The van der Waals surface area contributed by atoms with Gasteiger partial charge in [0.25, 0.3) is 0 Å². The first-order valence-corrected chi connectivity index (χ1v) is 4.93. The van der Waals surface area contributed by atoms with E-state index in [1.165, 1.54) is 0 Å². The molecule has 2 unspecified atom stereocenters. The first kappa shape index (κ1) is 8.85. The predicted molar refractivity (Wildman–Crippen MR) is 49.2 cm³/mol. The number of nitrogens with zero attached hydrogens (tertiary/aromatic N) is 3. The molecule has 2 fully saturated rings. The van der Waals surface area contributed by atoms with Gasteiger partial charge in [0.05, 0.1) is 18.2 Å². The molecule has 0 aliphatic carbocycles. The molecule has 4 nitrogen and oxygen atoms in total. The van der Waals surface area contributed by atoms with Crippen LogP contribution >= 0.6 is 0 Å². The van der Waals surface area contributed by atoms with Crippen LogP contribution in [0.3, 0.4) is 0 Å². The summed E-state index contributed by atoms with van der Waals surface area (Å²) in [7, 11) is 0. The van der Waals surface area contributed by atoms with Gasteiger partial charge in [0.2, 0.25) is 0 Å². The fourth-order valence-electron chi connectivity index (χ4n) is 2.55. The van der Waals surface area contributed by atoms with Gasteiger partial charge in [0.1, 0.15) is 0 Å². The maximum Gasteiger partial charge on any atom is 0.0667 e. The van der Waals surface area contributed by atoms with Gasteiger partial charge in [0.15, 0.2) is 0 Å². The molecule has 2 rings (SSSR count). The summed E-state index contributed by atoms with van der Waals surface area (Å²) in [4.78, 5) is 2.91. The molecule has 4 heteroatoms. The number of azide groups is 1. The van der Waals surface area contributed by atoms with E-state index in [1.54, 1.807) is 0 Å². The van der Waals surface area contributed by atoms with E-state index in [2.05, 4.69) is 23.9 Å². The Balaban J connectivity index is 2.21. The van der Waals surface area contributed by atoms with Crippen LogP contribution in [-0.2, 0) is 4.74 Å². The zero-order valence-corrected chi connectivity index (χ0v) is 8.05. The van der Waals surface area contributed by atoms with E-state index < -0.39 is 0 Å². The second-order valence-electron chi connectivity index (χ2n) is 4.20. The highest BCUT2D eigenvalue weighted by atomic mass is 16.5. The molecular weight excluding hydrogens is 166 g/mol. The maximum atomic E-state index is 8.45. The minimum absolute atomic E-state index is 0.0544. The summed E-state index contributed by atoms with van der Waals surface area (Å²) in [6.45, 7) is 4.36. The molecule has 5 atom stereocenters. The maximum absolute atomic E-state index is 8.45. The Morgan fingerprint density at radius 2 is 1.92 bits per heavy atom. The van der Waals surface area contributed by atoms with E-state index in [1.807, 2.05) is 0 Å². The van der Waals surface area contributed by atoms with Crippen molar-refractivity contribution in [2.75, 3.05) is 0 Å². The monoisotopic (exact) mass is 181 g/mol. The zero-order valence-electron chi connectivity index (χ0n) is 8.05. The first-order chi connectivity index (χ1) is 6.24. The number of hydrogen-bond donors (Lipinski definition) is 0. The number of ether oxygens (including phenoxy) is 1. The van der Waals surface area contributed by atoms with Crippen molar-refractivity contribution in [3.63, 3.8) is 0 Å². The average molecular weight is 181 g/mol. The summed E-state index contributed by atoms with van der Waals surface area (Å²) >= 11 is 0. The molecule has 0 aromatic heterocycles. The van der Waals surface area contributed by atoms with Gasteiger partial charge in [-0.15, -0.1) is 0 Å². The van der Waals surface area contributed by atoms with Crippen molar-refractivity contribution < 1.29 is 4.74 Å². The summed E-state index contributed by atoms with van der Waals surface area (Å²) in [6, 6.07) is 0.0544. The summed E-state index contributed by atoms with van der Waals surface area (Å²) in [5.74, 6) is 0.983. The van der Waals surface area contributed by atoms with E-state index in [9.17, 15) is 0 Å². The Bertz CT molecular complexity index is 249. The van der Waals surface area contributed by atoms with Gasteiger partial charge in [0, 0.05) is 4.91 Å². The number of fused-ring (bicyclic) bond motifs is 2. The highest BCUT2D eigenvalue weighted by Crippen LogP contribution is 2.41. The second-order valence-corrected chi connectivity index (χ2v) is 4.20. The van der Waals surface area contributed by atoms with E-state index in [-0.39, 0.29) is 12.1 Å². The van der Waals surface area contributed by atoms with Crippen molar-refractivity contribution in [3.8, 4) is 0 Å². The zero-order chi connectivity index (χ0) is 9.42. The molecule has 72 valence electrons. The standard InChI is InChI=1S/C9H15N3O/c1-5-6(2)9(11-12-10)8-4-3-7(5)13-8/h5-9H,3-4H2,1-2H3/t5-,6-,7?,8-,9?/m0/s1. The van der Waals surface area contributed by atoms with Gasteiger partial charge >= 0.3 is 0 Å². The lowest BCUT2D eigenvalue weighted by Gasteiger charge is -2.37. The molecule has 0 N–H and O–H groups in total. The van der Waals surface area contributed by atoms with Crippen LogP contribution in [0.5, 0.6) is 0 Å². The van der Waals surface area contributed by atoms with Gasteiger partial charge in [-0.2, -0.15) is 0 Å². The van der Waals surface area contributed by atoms with Crippen molar-refractivity contribution in [3.05, 3.63) is 10.4 Å². The highest BCUT2D eigenvalue weighted by molar-refractivity contribution is 4.97. The summed E-state index contributed by atoms with van der Waals surface area (Å²) < 4.78 is 5.78. The third kappa shape index (κ3) is 1.30. The van der Waals surface area contributed by atoms with Gasteiger partial charge in [-0.25, -0.2) is 0 Å². The average Bonchev–Trinajstić information content (AvgIpc) is 2.56. The predicted octanol–water partition coefficient (Wildman–Crippen LogP) is 2.50. The molecular formula is C9H15N3O. The molecule has 13 heavy (non-hydrogen) atoms. The molecule has 0 radical (unpaired) electrons. The van der Waals surface area contributed by atoms with Gasteiger partial charge in [-0.3, -0.25) is 0 Å². The van der Waals surface area contributed by atoms with Crippen molar-refractivity contribution in [1.29, 1.82) is 0 Å². The van der Waals surface area contributed by atoms with Crippen molar-refractivity contribution >= 4 is 0 Å². The second kappa shape index (κ2) is 3.20. The largest absolute Gasteiger partial charge is 0.374 e. The van der Waals surface area contributed by atoms with Crippen LogP contribution < -0.4 is 0 Å². The van der Waals surface area contributed by atoms with Crippen LogP contribution in [-0.4, -0.2) is 18.2 Å². The molecule has 2 aliphatic heterocycles. The van der Waals surface area contributed by atoms with Crippen molar-refractivity contribution in [2.45, 2.75) is 44.9 Å². The quantitative estimate of drug-likeness (QED) is 0.348. The SMILES string of the molecule is C[C@@H]1C2CC[C@H](O2)C(N=[N+]=[N-])[C@H]1C. The van der Waals surface area contributed by atoms with Crippen LogP contribution in [0.25, 0.3) is 10.4 Å². The molecule has 0 amide bonds. The van der Waals surface area contributed by atoms with E-state index in [4.69, 9.17) is 10.3 Å². The van der Waals surface area contributed by atoms with Gasteiger partial charge in [-0.1, -0.05) is 19.0 Å². The minimum Gasteiger partial charge on any atom is -0.374 e. The molecule has 2 aliphatic rings. The molecule has 2 heterocycles. The number of hydrogen-bond acceptors (Lipinski definition) is 2. The lowest BCUT2D eigenvalue weighted by molar-refractivity contribution is -0.0650. The minimum atomic E-state index is 0.0544. The summed E-state index contributed by atoms with van der Waals surface area (Å²) in [5, 5.41) is 3.85.